The van der Waals surface area contributed by atoms with Gasteiger partial charge in [0.15, 0.2) is 0 Å². The lowest BCUT2D eigenvalue weighted by Gasteiger charge is -2.26. The number of amides is 1. The van der Waals surface area contributed by atoms with Crippen LogP contribution in [0.2, 0.25) is 0 Å². The molecule has 1 saturated carbocycles. The van der Waals surface area contributed by atoms with Crippen LogP contribution in [0.25, 0.3) is 0 Å². The van der Waals surface area contributed by atoms with Crippen molar-refractivity contribution in [2.75, 3.05) is 17.1 Å². The van der Waals surface area contributed by atoms with E-state index in [9.17, 15) is 23.3 Å². The van der Waals surface area contributed by atoms with Crippen molar-refractivity contribution in [1.29, 1.82) is 0 Å². The van der Waals surface area contributed by atoms with E-state index in [-0.39, 0.29) is 17.4 Å². The Labute approximate surface area is 141 Å². The maximum Gasteiger partial charge on any atom is 0.271 e. The molecule has 9 heteroatoms. The predicted octanol–water partition coefficient (Wildman–Crippen LogP) is 1.81. The van der Waals surface area contributed by atoms with E-state index in [2.05, 4.69) is 5.32 Å². The van der Waals surface area contributed by atoms with Gasteiger partial charge >= 0.3 is 0 Å². The Morgan fingerprint density at radius 1 is 1.33 bits per heavy atom. The van der Waals surface area contributed by atoms with Gasteiger partial charge in [0, 0.05) is 18.2 Å². The number of nitrogens with one attached hydrogen (secondary N) is 1. The predicted molar refractivity (Wildman–Crippen MR) is 90.3 cm³/mol. The first-order valence-electron chi connectivity index (χ1n) is 7.79. The van der Waals surface area contributed by atoms with Crippen molar-refractivity contribution in [1.82, 2.24) is 5.32 Å². The van der Waals surface area contributed by atoms with Gasteiger partial charge in [-0.05, 0) is 18.9 Å². The number of hydrogen-bond donors (Lipinski definition) is 1. The Hall–Kier alpha value is -2.16. The fourth-order valence-corrected chi connectivity index (χ4v) is 3.66. The summed E-state index contributed by atoms with van der Waals surface area (Å²) in [6, 6.07) is 5.31. The molecule has 1 aromatic rings. The first-order chi connectivity index (χ1) is 11.3. The fourth-order valence-electron chi connectivity index (χ4n) is 2.81. The van der Waals surface area contributed by atoms with Gasteiger partial charge in [-0.2, -0.15) is 0 Å². The largest absolute Gasteiger partial charge is 0.352 e. The molecule has 0 unspecified atom stereocenters. The molecule has 1 aliphatic carbocycles. The molecular formula is C15H21N3O5S. The molecular weight excluding hydrogens is 334 g/mol. The number of non-ortho nitro benzene ring substituents is 1. The number of benzene rings is 1. The lowest BCUT2D eigenvalue weighted by Crippen LogP contribution is -2.44. The van der Waals surface area contributed by atoms with Crippen molar-refractivity contribution in [3.8, 4) is 0 Å². The van der Waals surface area contributed by atoms with Crippen LogP contribution in [0, 0.1) is 10.1 Å². The van der Waals surface area contributed by atoms with Gasteiger partial charge in [0.05, 0.1) is 16.9 Å². The van der Waals surface area contributed by atoms with Crippen LogP contribution in [-0.4, -0.2) is 38.1 Å². The van der Waals surface area contributed by atoms with Crippen LogP contribution in [-0.2, 0) is 14.8 Å². The molecule has 0 spiro atoms. The SMILES string of the molecule is CS(=O)(=O)N(CC(=O)NC1CCCCC1)c1cccc([N+](=O)[O-])c1. The minimum absolute atomic E-state index is 0.0674. The van der Waals surface area contributed by atoms with Gasteiger partial charge in [-0.15, -0.1) is 0 Å². The van der Waals surface area contributed by atoms with Crippen molar-refractivity contribution < 1.29 is 18.1 Å². The molecule has 1 N–H and O–H groups in total. The zero-order valence-electron chi connectivity index (χ0n) is 13.5. The highest BCUT2D eigenvalue weighted by molar-refractivity contribution is 7.92. The summed E-state index contributed by atoms with van der Waals surface area (Å²) in [5, 5.41) is 13.7. The van der Waals surface area contributed by atoms with Gasteiger partial charge < -0.3 is 5.32 Å². The normalized spacial score (nSPS) is 15.7. The molecule has 132 valence electrons. The van der Waals surface area contributed by atoms with E-state index in [4.69, 9.17) is 0 Å². The van der Waals surface area contributed by atoms with Crippen molar-refractivity contribution in [3.05, 3.63) is 34.4 Å². The highest BCUT2D eigenvalue weighted by Crippen LogP contribution is 2.23. The zero-order chi connectivity index (χ0) is 17.7. The Bertz CT molecular complexity index is 714. The van der Waals surface area contributed by atoms with Crippen LogP contribution in [0.5, 0.6) is 0 Å². The Morgan fingerprint density at radius 3 is 2.58 bits per heavy atom. The second-order valence-electron chi connectivity index (χ2n) is 5.95. The lowest BCUT2D eigenvalue weighted by molar-refractivity contribution is -0.384. The third-order valence-electron chi connectivity index (χ3n) is 3.99. The molecule has 1 amide bonds. The first-order valence-corrected chi connectivity index (χ1v) is 9.64. The second kappa shape index (κ2) is 7.61. The minimum atomic E-state index is -3.75. The Kier molecular flexibility index (Phi) is 5.76. The molecule has 8 nitrogen and oxygen atoms in total. The molecule has 2 rings (SSSR count). The third-order valence-corrected chi connectivity index (χ3v) is 5.13. The molecule has 0 atom stereocenters. The minimum Gasteiger partial charge on any atom is -0.352 e. The summed E-state index contributed by atoms with van der Waals surface area (Å²) in [5.74, 6) is -0.404. The second-order valence-corrected chi connectivity index (χ2v) is 7.86. The third kappa shape index (κ3) is 4.92. The number of nitro benzene ring substituents is 1. The number of hydrogen-bond acceptors (Lipinski definition) is 5. The van der Waals surface area contributed by atoms with Crippen LogP contribution >= 0.6 is 0 Å². The van der Waals surface area contributed by atoms with Crippen molar-refractivity contribution in [3.63, 3.8) is 0 Å². The van der Waals surface area contributed by atoms with Gasteiger partial charge in [0.2, 0.25) is 15.9 Å². The number of nitro groups is 1. The average molecular weight is 355 g/mol. The summed E-state index contributed by atoms with van der Waals surface area (Å²) in [4.78, 5) is 22.5. The van der Waals surface area contributed by atoms with E-state index in [1.54, 1.807) is 0 Å². The van der Waals surface area contributed by atoms with Crippen molar-refractivity contribution >= 4 is 27.3 Å². The van der Waals surface area contributed by atoms with Crippen LogP contribution in [0.1, 0.15) is 32.1 Å². The highest BCUT2D eigenvalue weighted by Gasteiger charge is 2.24. The fraction of sp³-hybridized carbons (Fsp3) is 0.533. The standard InChI is InChI=1S/C15H21N3O5S/c1-24(22,23)17(13-8-5-9-14(10-13)18(20)21)11-15(19)16-12-6-3-2-4-7-12/h5,8-10,12H,2-4,6-7,11H2,1H3,(H,16,19). The van der Waals surface area contributed by atoms with E-state index in [1.165, 1.54) is 18.2 Å². The molecule has 0 aromatic heterocycles. The zero-order valence-corrected chi connectivity index (χ0v) is 14.3. The number of nitrogens with zero attached hydrogens (tertiary/aromatic N) is 2. The monoisotopic (exact) mass is 355 g/mol. The summed E-state index contributed by atoms with van der Waals surface area (Å²) in [6.45, 7) is -0.392. The topological polar surface area (TPSA) is 110 Å². The van der Waals surface area contributed by atoms with E-state index < -0.39 is 27.4 Å². The molecule has 0 radical (unpaired) electrons. The molecule has 1 aliphatic rings. The number of anilines is 1. The number of carbonyl (C=O) groups excluding carboxylic acids is 1. The van der Waals surface area contributed by atoms with E-state index in [1.807, 2.05) is 0 Å². The first kappa shape index (κ1) is 18.2. The van der Waals surface area contributed by atoms with Crippen LogP contribution in [0.15, 0.2) is 24.3 Å². The molecule has 0 heterocycles. The number of rotatable bonds is 6. The van der Waals surface area contributed by atoms with Gasteiger partial charge in [-0.1, -0.05) is 25.3 Å². The molecule has 24 heavy (non-hydrogen) atoms. The maximum atomic E-state index is 12.2. The van der Waals surface area contributed by atoms with Gasteiger partial charge in [-0.3, -0.25) is 19.2 Å². The molecule has 1 fully saturated rings. The highest BCUT2D eigenvalue weighted by atomic mass is 32.2. The average Bonchev–Trinajstić information content (AvgIpc) is 2.52. The summed E-state index contributed by atoms with van der Waals surface area (Å²) in [7, 11) is -3.75. The maximum absolute atomic E-state index is 12.2. The summed E-state index contributed by atoms with van der Waals surface area (Å²) in [6.07, 6.45) is 6.00. The molecule has 0 aliphatic heterocycles. The van der Waals surface area contributed by atoms with Crippen LogP contribution in [0.4, 0.5) is 11.4 Å². The lowest BCUT2D eigenvalue weighted by atomic mass is 9.95. The van der Waals surface area contributed by atoms with Crippen LogP contribution in [0.3, 0.4) is 0 Å². The molecule has 0 saturated heterocycles. The Balaban J connectivity index is 2.15. The number of sulfonamides is 1. The number of carbonyl (C=O) groups is 1. The smallest absolute Gasteiger partial charge is 0.271 e. The molecule has 0 bridgehead atoms. The Morgan fingerprint density at radius 2 is 2.00 bits per heavy atom. The van der Waals surface area contributed by atoms with E-state index in [0.29, 0.717) is 0 Å². The summed E-state index contributed by atoms with van der Waals surface area (Å²) in [5.41, 5.74) is -0.126. The van der Waals surface area contributed by atoms with Gasteiger partial charge in [0.1, 0.15) is 6.54 Å². The van der Waals surface area contributed by atoms with Gasteiger partial charge in [0.25, 0.3) is 5.69 Å². The van der Waals surface area contributed by atoms with Gasteiger partial charge in [-0.25, -0.2) is 8.42 Å². The van der Waals surface area contributed by atoms with E-state index >= 15 is 0 Å². The quantitative estimate of drug-likeness (QED) is 0.618. The van der Waals surface area contributed by atoms with Crippen molar-refractivity contribution in [2.45, 2.75) is 38.1 Å². The summed E-state index contributed by atoms with van der Waals surface area (Å²) >= 11 is 0. The van der Waals surface area contributed by atoms with Crippen LogP contribution < -0.4 is 9.62 Å². The summed E-state index contributed by atoms with van der Waals surface area (Å²) < 4.78 is 24.9. The van der Waals surface area contributed by atoms with E-state index in [0.717, 1.165) is 48.7 Å². The van der Waals surface area contributed by atoms with Crippen molar-refractivity contribution in [2.24, 2.45) is 0 Å². The molecule has 1 aromatic carbocycles.